The molecule has 0 amide bonds. The van der Waals surface area contributed by atoms with Crippen LogP contribution in [0.15, 0.2) is 0 Å². The molecule has 1 aliphatic heterocycles. The quantitative estimate of drug-likeness (QED) is 0.627. The topological polar surface area (TPSA) is 3.24 Å². The van der Waals surface area contributed by atoms with Gasteiger partial charge in [0.15, 0.2) is 0 Å². The summed E-state index contributed by atoms with van der Waals surface area (Å²) in [6.45, 7) is 12.2. The van der Waals surface area contributed by atoms with Crippen LogP contribution in [0.3, 0.4) is 0 Å². The zero-order chi connectivity index (χ0) is 13.6. The first-order valence-electron chi connectivity index (χ1n) is 6.17. The van der Waals surface area contributed by atoms with Crippen molar-refractivity contribution in [2.45, 2.75) is 65.7 Å². The molecule has 0 aromatic rings. The fraction of sp³-hybridized carbons (Fsp3) is 1.00. The Hall–Kier alpha value is -0.250. The van der Waals surface area contributed by atoms with Crippen molar-refractivity contribution in [3.05, 3.63) is 0 Å². The largest absolute Gasteiger partial charge is 0.404 e. The number of alkyl halides is 3. The van der Waals surface area contributed by atoms with Crippen LogP contribution >= 0.6 is 0 Å². The first kappa shape index (κ1) is 14.8. The van der Waals surface area contributed by atoms with E-state index in [1.165, 1.54) is 0 Å². The molecule has 1 fully saturated rings. The van der Waals surface area contributed by atoms with Crippen LogP contribution < -0.4 is 0 Å². The van der Waals surface area contributed by atoms with Crippen molar-refractivity contribution in [2.24, 2.45) is 11.3 Å². The zero-order valence-electron chi connectivity index (χ0n) is 11.7. The van der Waals surface area contributed by atoms with Crippen molar-refractivity contribution in [2.75, 3.05) is 6.54 Å². The highest BCUT2D eigenvalue weighted by atomic mass is 19.4. The van der Waals surface area contributed by atoms with E-state index in [1.807, 2.05) is 41.5 Å². The predicted octanol–water partition coefficient (Wildman–Crippen LogP) is 4.08. The lowest BCUT2D eigenvalue weighted by Crippen LogP contribution is -2.50. The Morgan fingerprint density at radius 2 is 1.41 bits per heavy atom. The summed E-state index contributed by atoms with van der Waals surface area (Å²) < 4.78 is 39.2. The van der Waals surface area contributed by atoms with Gasteiger partial charge >= 0.3 is 6.18 Å². The molecule has 0 N–H and O–H groups in total. The number of nitrogens with zero attached hydrogens (tertiary/aromatic N) is 1. The molecule has 0 radical (unpaired) electrons. The van der Waals surface area contributed by atoms with E-state index >= 15 is 0 Å². The maximum Gasteiger partial charge on any atom is 0.404 e. The van der Waals surface area contributed by atoms with E-state index in [1.54, 1.807) is 4.90 Å². The molecule has 102 valence electrons. The summed E-state index contributed by atoms with van der Waals surface area (Å²) in [5, 5.41) is 0. The Bertz CT molecular complexity index is 248. The Kier molecular flexibility index (Phi) is 3.61. The van der Waals surface area contributed by atoms with Gasteiger partial charge in [0.25, 0.3) is 0 Å². The monoisotopic (exact) mass is 251 g/mol. The lowest BCUT2D eigenvalue weighted by atomic mass is 9.79. The molecule has 2 atom stereocenters. The summed E-state index contributed by atoms with van der Waals surface area (Å²) in [4.78, 5) is 1.61. The fourth-order valence-electron chi connectivity index (χ4n) is 2.52. The first-order valence-corrected chi connectivity index (χ1v) is 6.17. The van der Waals surface area contributed by atoms with Gasteiger partial charge in [-0.3, -0.25) is 4.90 Å². The molecule has 0 aliphatic carbocycles. The van der Waals surface area contributed by atoms with Crippen molar-refractivity contribution < 1.29 is 13.2 Å². The lowest BCUT2D eigenvalue weighted by molar-refractivity contribution is -0.186. The van der Waals surface area contributed by atoms with Gasteiger partial charge in [0.2, 0.25) is 0 Å². The first-order chi connectivity index (χ1) is 7.33. The molecule has 1 saturated heterocycles. The fourth-order valence-corrected chi connectivity index (χ4v) is 2.52. The molecule has 2 unspecified atom stereocenters. The Morgan fingerprint density at radius 1 is 0.941 bits per heavy atom. The third-order valence-electron chi connectivity index (χ3n) is 3.77. The standard InChI is InChI=1S/C13H24F3N/c1-11(2,3)9-7-10(13(14,15)16)17(8-9)12(4,5)6/h9-10H,7-8H2,1-6H3. The highest BCUT2D eigenvalue weighted by molar-refractivity contribution is 4.98. The van der Waals surface area contributed by atoms with Gasteiger partial charge in [-0.1, -0.05) is 20.8 Å². The molecule has 1 aliphatic rings. The molecule has 4 heteroatoms. The van der Waals surface area contributed by atoms with Crippen molar-refractivity contribution >= 4 is 0 Å². The maximum atomic E-state index is 13.1. The summed E-state index contributed by atoms with van der Waals surface area (Å²) >= 11 is 0. The highest BCUT2D eigenvalue weighted by Gasteiger charge is 2.53. The summed E-state index contributed by atoms with van der Waals surface area (Å²) in [6.07, 6.45) is -3.89. The Morgan fingerprint density at radius 3 is 1.65 bits per heavy atom. The van der Waals surface area contributed by atoms with Gasteiger partial charge in [0, 0.05) is 12.1 Å². The van der Waals surface area contributed by atoms with Crippen LogP contribution in [0.5, 0.6) is 0 Å². The number of hydrogen-bond acceptors (Lipinski definition) is 1. The van der Waals surface area contributed by atoms with E-state index < -0.39 is 17.8 Å². The summed E-state index contributed by atoms with van der Waals surface area (Å²) in [5.74, 6) is 0.105. The minimum atomic E-state index is -4.12. The molecular weight excluding hydrogens is 227 g/mol. The third kappa shape index (κ3) is 3.36. The minimum Gasteiger partial charge on any atom is -0.287 e. The van der Waals surface area contributed by atoms with Crippen LogP contribution in [-0.2, 0) is 0 Å². The van der Waals surface area contributed by atoms with E-state index in [9.17, 15) is 13.2 Å². The zero-order valence-corrected chi connectivity index (χ0v) is 11.7. The molecule has 0 spiro atoms. The third-order valence-corrected chi connectivity index (χ3v) is 3.77. The van der Waals surface area contributed by atoms with Gasteiger partial charge < -0.3 is 0 Å². The molecule has 0 aromatic heterocycles. The number of likely N-dealkylation sites (tertiary alicyclic amines) is 1. The average molecular weight is 251 g/mol. The van der Waals surface area contributed by atoms with Crippen LogP contribution in [-0.4, -0.2) is 29.2 Å². The molecule has 0 aromatic carbocycles. The van der Waals surface area contributed by atoms with E-state index in [2.05, 4.69) is 0 Å². The number of hydrogen-bond donors (Lipinski definition) is 0. The van der Waals surface area contributed by atoms with Crippen molar-refractivity contribution in [3.8, 4) is 0 Å². The second kappa shape index (κ2) is 4.15. The van der Waals surface area contributed by atoms with Crippen molar-refractivity contribution in [1.29, 1.82) is 0 Å². The van der Waals surface area contributed by atoms with Crippen molar-refractivity contribution in [3.63, 3.8) is 0 Å². The van der Waals surface area contributed by atoms with Crippen LogP contribution in [0.2, 0.25) is 0 Å². The minimum absolute atomic E-state index is 0.0660. The van der Waals surface area contributed by atoms with E-state index in [4.69, 9.17) is 0 Å². The summed E-state index contributed by atoms with van der Waals surface area (Å²) in [5.41, 5.74) is -0.496. The Labute approximate surface area is 102 Å². The molecule has 1 rings (SSSR count). The van der Waals surface area contributed by atoms with Gasteiger partial charge in [-0.15, -0.1) is 0 Å². The van der Waals surface area contributed by atoms with Crippen LogP contribution in [0.4, 0.5) is 13.2 Å². The van der Waals surface area contributed by atoms with E-state index in [0.29, 0.717) is 6.54 Å². The van der Waals surface area contributed by atoms with Gasteiger partial charge in [0.05, 0.1) is 0 Å². The van der Waals surface area contributed by atoms with E-state index in [-0.39, 0.29) is 17.8 Å². The summed E-state index contributed by atoms with van der Waals surface area (Å²) in [6, 6.07) is -1.29. The van der Waals surface area contributed by atoms with Gasteiger partial charge in [0.1, 0.15) is 6.04 Å². The normalized spacial score (nSPS) is 28.8. The smallest absolute Gasteiger partial charge is 0.287 e. The molecule has 0 saturated carbocycles. The Balaban J connectivity index is 2.96. The number of rotatable bonds is 0. The van der Waals surface area contributed by atoms with Crippen molar-refractivity contribution in [1.82, 2.24) is 4.90 Å². The maximum absolute atomic E-state index is 13.1. The van der Waals surface area contributed by atoms with Crippen LogP contribution in [0.25, 0.3) is 0 Å². The van der Waals surface area contributed by atoms with Crippen LogP contribution in [0.1, 0.15) is 48.0 Å². The van der Waals surface area contributed by atoms with Gasteiger partial charge in [-0.05, 0) is 38.5 Å². The average Bonchev–Trinajstić information content (AvgIpc) is 2.42. The molecule has 17 heavy (non-hydrogen) atoms. The highest BCUT2D eigenvalue weighted by Crippen LogP contribution is 2.44. The second-order valence-electron chi connectivity index (χ2n) is 7.18. The molecular formula is C13H24F3N. The van der Waals surface area contributed by atoms with Crippen LogP contribution in [0, 0.1) is 11.3 Å². The second-order valence-corrected chi connectivity index (χ2v) is 7.18. The molecule has 1 heterocycles. The molecule has 0 bridgehead atoms. The lowest BCUT2D eigenvalue weighted by Gasteiger charge is -2.38. The van der Waals surface area contributed by atoms with Gasteiger partial charge in [-0.2, -0.15) is 13.2 Å². The molecule has 1 nitrogen and oxygen atoms in total. The number of halogens is 3. The summed E-state index contributed by atoms with van der Waals surface area (Å²) in [7, 11) is 0. The predicted molar refractivity (Wildman–Crippen MR) is 63.9 cm³/mol. The van der Waals surface area contributed by atoms with Gasteiger partial charge in [-0.25, -0.2) is 0 Å². The van der Waals surface area contributed by atoms with E-state index in [0.717, 1.165) is 0 Å². The SMILES string of the molecule is CC(C)(C)C1CC(C(F)(F)F)N(C(C)(C)C)C1.